The van der Waals surface area contributed by atoms with Gasteiger partial charge in [0.1, 0.15) is 0 Å². The van der Waals surface area contributed by atoms with E-state index in [4.69, 9.17) is 10.5 Å². The molecule has 1 aromatic carbocycles. The second-order valence-electron chi connectivity index (χ2n) is 3.76. The summed E-state index contributed by atoms with van der Waals surface area (Å²) in [6.07, 6.45) is 2.93. The van der Waals surface area contributed by atoms with Gasteiger partial charge in [-0.25, -0.2) is 9.97 Å². The maximum Gasteiger partial charge on any atom is 0.243 e. The molecule has 0 saturated carbocycles. The topological polar surface area (TPSA) is 78.1 Å². The standard InChI is InChI=1S/C13H13N3O2/c1-8-9(4-3-5-10(8)14)12(17)11-13(18-2)16-7-6-15-11/h3-7H,14H2,1-2H3. The van der Waals surface area contributed by atoms with Gasteiger partial charge < -0.3 is 10.5 Å². The molecule has 0 saturated heterocycles. The fourth-order valence-corrected chi connectivity index (χ4v) is 1.66. The molecule has 0 amide bonds. The van der Waals surface area contributed by atoms with E-state index >= 15 is 0 Å². The Hall–Kier alpha value is -2.43. The molecule has 18 heavy (non-hydrogen) atoms. The summed E-state index contributed by atoms with van der Waals surface area (Å²) in [5.74, 6) is -0.0333. The van der Waals surface area contributed by atoms with Crippen molar-refractivity contribution in [1.82, 2.24) is 9.97 Å². The monoisotopic (exact) mass is 243 g/mol. The number of rotatable bonds is 3. The number of carbonyl (C=O) groups is 1. The smallest absolute Gasteiger partial charge is 0.243 e. The molecule has 5 nitrogen and oxygen atoms in total. The molecule has 92 valence electrons. The number of anilines is 1. The Balaban J connectivity index is 2.52. The zero-order chi connectivity index (χ0) is 13.1. The van der Waals surface area contributed by atoms with E-state index in [1.165, 1.54) is 19.5 Å². The molecular weight excluding hydrogens is 230 g/mol. The molecule has 0 aliphatic carbocycles. The fourth-order valence-electron chi connectivity index (χ4n) is 1.66. The van der Waals surface area contributed by atoms with Gasteiger partial charge >= 0.3 is 0 Å². The minimum Gasteiger partial charge on any atom is -0.479 e. The molecule has 0 unspecified atom stereocenters. The van der Waals surface area contributed by atoms with Crippen molar-refractivity contribution < 1.29 is 9.53 Å². The van der Waals surface area contributed by atoms with Gasteiger partial charge in [-0.15, -0.1) is 0 Å². The second-order valence-corrected chi connectivity index (χ2v) is 3.76. The van der Waals surface area contributed by atoms with Crippen LogP contribution in [0.2, 0.25) is 0 Å². The van der Waals surface area contributed by atoms with E-state index in [1.54, 1.807) is 25.1 Å². The van der Waals surface area contributed by atoms with Crippen LogP contribution in [0.5, 0.6) is 5.88 Å². The summed E-state index contributed by atoms with van der Waals surface area (Å²) in [6, 6.07) is 5.20. The maximum atomic E-state index is 12.4. The number of ketones is 1. The Labute approximate surface area is 105 Å². The van der Waals surface area contributed by atoms with E-state index < -0.39 is 0 Å². The van der Waals surface area contributed by atoms with E-state index in [-0.39, 0.29) is 17.4 Å². The second kappa shape index (κ2) is 4.83. The van der Waals surface area contributed by atoms with Gasteiger partial charge in [0.05, 0.1) is 7.11 Å². The predicted octanol–water partition coefficient (Wildman–Crippen LogP) is 1.61. The number of hydrogen-bond acceptors (Lipinski definition) is 5. The first-order valence-corrected chi connectivity index (χ1v) is 5.40. The van der Waals surface area contributed by atoms with Crippen molar-refractivity contribution in [3.63, 3.8) is 0 Å². The molecule has 2 rings (SSSR count). The molecule has 0 bridgehead atoms. The Morgan fingerprint density at radius 2 is 2.00 bits per heavy atom. The molecule has 0 radical (unpaired) electrons. The molecule has 0 aliphatic heterocycles. The van der Waals surface area contributed by atoms with E-state index in [0.29, 0.717) is 11.3 Å². The lowest BCUT2D eigenvalue weighted by Crippen LogP contribution is -2.10. The Morgan fingerprint density at radius 1 is 1.28 bits per heavy atom. The van der Waals surface area contributed by atoms with Crippen molar-refractivity contribution in [2.24, 2.45) is 0 Å². The van der Waals surface area contributed by atoms with Crippen LogP contribution in [0.3, 0.4) is 0 Å². The van der Waals surface area contributed by atoms with Crippen LogP contribution < -0.4 is 10.5 Å². The van der Waals surface area contributed by atoms with Crippen LogP contribution in [-0.2, 0) is 0 Å². The summed E-state index contributed by atoms with van der Waals surface area (Å²) in [7, 11) is 1.45. The first kappa shape index (κ1) is 12.0. The van der Waals surface area contributed by atoms with Gasteiger partial charge in [0.15, 0.2) is 5.69 Å². The third-order valence-corrected chi connectivity index (χ3v) is 2.69. The zero-order valence-corrected chi connectivity index (χ0v) is 10.2. The fraction of sp³-hybridized carbons (Fsp3) is 0.154. The van der Waals surface area contributed by atoms with Crippen molar-refractivity contribution >= 4 is 11.5 Å². The highest BCUT2D eigenvalue weighted by Gasteiger charge is 2.19. The zero-order valence-electron chi connectivity index (χ0n) is 10.2. The third-order valence-electron chi connectivity index (χ3n) is 2.69. The number of nitrogen functional groups attached to an aromatic ring is 1. The molecule has 1 aromatic heterocycles. The minimum absolute atomic E-state index is 0.189. The number of hydrogen-bond donors (Lipinski definition) is 1. The summed E-state index contributed by atoms with van der Waals surface area (Å²) < 4.78 is 5.03. The molecule has 1 heterocycles. The first-order chi connectivity index (χ1) is 8.65. The van der Waals surface area contributed by atoms with Crippen LogP contribution >= 0.6 is 0 Å². The third kappa shape index (κ3) is 2.02. The lowest BCUT2D eigenvalue weighted by Gasteiger charge is -2.08. The highest BCUT2D eigenvalue weighted by atomic mass is 16.5. The first-order valence-electron chi connectivity index (χ1n) is 5.40. The lowest BCUT2D eigenvalue weighted by atomic mass is 10.0. The summed E-state index contributed by atoms with van der Waals surface area (Å²) >= 11 is 0. The highest BCUT2D eigenvalue weighted by Crippen LogP contribution is 2.21. The number of nitrogens with zero attached hydrogens (tertiary/aromatic N) is 2. The number of carbonyl (C=O) groups excluding carboxylic acids is 1. The molecule has 0 atom stereocenters. The molecule has 0 aliphatic rings. The van der Waals surface area contributed by atoms with Gasteiger partial charge in [-0.3, -0.25) is 4.79 Å². The van der Waals surface area contributed by atoms with Crippen molar-refractivity contribution in [2.75, 3.05) is 12.8 Å². The Kier molecular flexibility index (Phi) is 3.23. The predicted molar refractivity (Wildman–Crippen MR) is 67.6 cm³/mol. The van der Waals surface area contributed by atoms with Crippen molar-refractivity contribution in [1.29, 1.82) is 0 Å². The highest BCUT2D eigenvalue weighted by molar-refractivity contribution is 6.10. The summed E-state index contributed by atoms with van der Waals surface area (Å²) in [5, 5.41) is 0. The van der Waals surface area contributed by atoms with Gasteiger partial charge in [0.2, 0.25) is 11.7 Å². The summed E-state index contributed by atoms with van der Waals surface area (Å²) in [6.45, 7) is 1.80. The van der Waals surface area contributed by atoms with Crippen LogP contribution in [0.25, 0.3) is 0 Å². The van der Waals surface area contributed by atoms with E-state index in [0.717, 1.165) is 5.56 Å². The molecule has 0 fully saturated rings. The maximum absolute atomic E-state index is 12.4. The number of methoxy groups -OCH3 is 1. The quantitative estimate of drug-likeness (QED) is 0.654. The van der Waals surface area contributed by atoms with Crippen LogP contribution in [0.4, 0.5) is 5.69 Å². The van der Waals surface area contributed by atoms with Crippen molar-refractivity contribution in [2.45, 2.75) is 6.92 Å². The van der Waals surface area contributed by atoms with Crippen LogP contribution in [0.1, 0.15) is 21.6 Å². The molecule has 2 N–H and O–H groups in total. The molecular formula is C13H13N3O2. The average molecular weight is 243 g/mol. The van der Waals surface area contributed by atoms with Crippen LogP contribution in [-0.4, -0.2) is 22.9 Å². The molecule has 2 aromatic rings. The minimum atomic E-state index is -0.246. The average Bonchev–Trinajstić information content (AvgIpc) is 2.41. The van der Waals surface area contributed by atoms with E-state index in [2.05, 4.69) is 9.97 Å². The van der Waals surface area contributed by atoms with Gasteiger partial charge in [-0.1, -0.05) is 12.1 Å². The van der Waals surface area contributed by atoms with Gasteiger partial charge in [0.25, 0.3) is 0 Å². The van der Waals surface area contributed by atoms with Crippen molar-refractivity contribution in [3.05, 3.63) is 47.4 Å². The van der Waals surface area contributed by atoms with Gasteiger partial charge in [-0.2, -0.15) is 0 Å². The summed E-state index contributed by atoms with van der Waals surface area (Å²) in [4.78, 5) is 20.3. The summed E-state index contributed by atoms with van der Waals surface area (Å²) in [5.41, 5.74) is 7.79. The van der Waals surface area contributed by atoms with Crippen LogP contribution in [0.15, 0.2) is 30.6 Å². The van der Waals surface area contributed by atoms with E-state index in [1.807, 2.05) is 0 Å². The largest absolute Gasteiger partial charge is 0.479 e. The SMILES string of the molecule is COc1nccnc1C(=O)c1cccc(N)c1C. The van der Waals surface area contributed by atoms with Crippen LogP contribution in [0, 0.1) is 6.92 Å². The Bertz CT molecular complexity index is 597. The van der Waals surface area contributed by atoms with E-state index in [9.17, 15) is 4.79 Å². The number of ether oxygens (including phenoxy) is 1. The lowest BCUT2D eigenvalue weighted by molar-refractivity contribution is 0.103. The number of nitrogens with two attached hydrogens (primary N) is 1. The molecule has 0 spiro atoms. The van der Waals surface area contributed by atoms with Gasteiger partial charge in [0, 0.05) is 23.6 Å². The normalized spacial score (nSPS) is 10.1. The van der Waals surface area contributed by atoms with Gasteiger partial charge in [-0.05, 0) is 18.6 Å². The van der Waals surface area contributed by atoms with Crippen molar-refractivity contribution in [3.8, 4) is 5.88 Å². The number of benzene rings is 1. The Morgan fingerprint density at radius 3 is 2.72 bits per heavy atom. The molecule has 5 heteroatoms. The number of aromatic nitrogens is 2.